The number of hydrogen-bond donors (Lipinski definition) is 1. The zero-order chi connectivity index (χ0) is 14.9. The number of para-hydroxylation sites is 2. The van der Waals surface area contributed by atoms with Crippen molar-refractivity contribution in [3.63, 3.8) is 0 Å². The molecule has 1 amide bonds. The first kappa shape index (κ1) is 13.2. The maximum absolute atomic E-state index is 12.3. The number of rotatable bonds is 2. The Morgan fingerprint density at radius 3 is 2.91 bits per heavy atom. The minimum absolute atomic E-state index is 0.205. The average molecular weight is 311 g/mol. The highest BCUT2D eigenvalue weighted by atomic mass is 32.1. The lowest BCUT2D eigenvalue weighted by Crippen LogP contribution is -2.40. The zero-order valence-corrected chi connectivity index (χ0v) is 12.4. The van der Waals surface area contributed by atoms with Crippen LogP contribution in [0.4, 0.5) is 5.69 Å². The molecule has 0 aliphatic carbocycles. The van der Waals surface area contributed by atoms with E-state index in [1.54, 1.807) is 17.4 Å². The Labute approximate surface area is 131 Å². The molecule has 0 radical (unpaired) electrons. The maximum atomic E-state index is 12.3. The van der Waals surface area contributed by atoms with E-state index in [4.69, 9.17) is 9.47 Å². The SMILES string of the molecule is O=C(Nc1ccc2sccc2c1)[C@H]1COc2ccccc2O1. The van der Waals surface area contributed by atoms with Crippen molar-refractivity contribution in [1.29, 1.82) is 0 Å². The van der Waals surface area contributed by atoms with Crippen molar-refractivity contribution in [2.24, 2.45) is 0 Å². The van der Waals surface area contributed by atoms with Gasteiger partial charge in [0.15, 0.2) is 11.5 Å². The maximum Gasteiger partial charge on any atom is 0.269 e. The van der Waals surface area contributed by atoms with Crippen molar-refractivity contribution in [3.05, 3.63) is 53.9 Å². The average Bonchev–Trinajstić information content (AvgIpc) is 3.02. The summed E-state index contributed by atoms with van der Waals surface area (Å²) in [5.74, 6) is 1.07. The second kappa shape index (κ2) is 5.35. The fourth-order valence-corrected chi connectivity index (χ4v) is 3.19. The van der Waals surface area contributed by atoms with Gasteiger partial charge in [0.25, 0.3) is 5.91 Å². The van der Waals surface area contributed by atoms with E-state index in [0.29, 0.717) is 11.5 Å². The van der Waals surface area contributed by atoms with Crippen LogP contribution in [0.25, 0.3) is 10.1 Å². The Bertz CT molecular complexity index is 843. The Balaban J connectivity index is 1.50. The van der Waals surface area contributed by atoms with E-state index in [1.807, 2.05) is 47.8 Å². The minimum Gasteiger partial charge on any atom is -0.485 e. The first-order chi connectivity index (χ1) is 10.8. The molecule has 0 spiro atoms. The molecule has 2 heterocycles. The van der Waals surface area contributed by atoms with Crippen molar-refractivity contribution < 1.29 is 14.3 Å². The number of carbonyl (C=O) groups excluding carboxylic acids is 1. The van der Waals surface area contributed by atoms with Crippen LogP contribution in [0.3, 0.4) is 0 Å². The molecular weight excluding hydrogens is 298 g/mol. The summed E-state index contributed by atoms with van der Waals surface area (Å²) in [6.45, 7) is 0.212. The van der Waals surface area contributed by atoms with Crippen LogP contribution in [0.15, 0.2) is 53.9 Å². The summed E-state index contributed by atoms with van der Waals surface area (Å²) in [5, 5.41) is 6.04. The lowest BCUT2D eigenvalue weighted by atomic mass is 10.2. The highest BCUT2D eigenvalue weighted by Gasteiger charge is 2.27. The number of nitrogens with one attached hydrogen (secondary N) is 1. The van der Waals surface area contributed by atoms with Crippen LogP contribution in [0.2, 0.25) is 0 Å². The van der Waals surface area contributed by atoms with Crippen molar-refractivity contribution in [2.75, 3.05) is 11.9 Å². The molecule has 1 atom stereocenters. The summed E-state index contributed by atoms with van der Waals surface area (Å²) >= 11 is 1.68. The number of fused-ring (bicyclic) bond motifs is 2. The zero-order valence-electron chi connectivity index (χ0n) is 11.6. The van der Waals surface area contributed by atoms with Crippen LogP contribution in [0, 0.1) is 0 Å². The van der Waals surface area contributed by atoms with Crippen LogP contribution in [0.1, 0.15) is 0 Å². The number of anilines is 1. The standard InChI is InChI=1S/C17H13NO3S/c19-17(15-10-20-13-3-1-2-4-14(13)21-15)18-12-5-6-16-11(9-12)7-8-22-16/h1-9,15H,10H2,(H,18,19)/t15-/m1/s1. The second-order valence-corrected chi connectivity index (χ2v) is 5.97. The predicted octanol–water partition coefficient (Wildman–Crippen LogP) is 3.68. The molecule has 1 N–H and O–H groups in total. The third-order valence-corrected chi connectivity index (χ3v) is 4.42. The van der Waals surface area contributed by atoms with Gasteiger partial charge in [0.05, 0.1) is 0 Å². The molecule has 3 aromatic rings. The molecule has 0 bridgehead atoms. The van der Waals surface area contributed by atoms with Gasteiger partial charge in [-0.3, -0.25) is 4.79 Å². The minimum atomic E-state index is -0.645. The summed E-state index contributed by atoms with van der Waals surface area (Å²) in [6, 6.07) is 15.2. The third kappa shape index (κ3) is 2.40. The number of carbonyl (C=O) groups is 1. The van der Waals surface area contributed by atoms with Crippen LogP contribution >= 0.6 is 11.3 Å². The Morgan fingerprint density at radius 1 is 1.14 bits per heavy atom. The van der Waals surface area contributed by atoms with E-state index in [2.05, 4.69) is 5.32 Å². The number of amides is 1. The molecule has 0 fully saturated rings. The largest absolute Gasteiger partial charge is 0.485 e. The highest BCUT2D eigenvalue weighted by molar-refractivity contribution is 7.17. The molecule has 5 heteroatoms. The van der Waals surface area contributed by atoms with Gasteiger partial charge in [0, 0.05) is 10.4 Å². The fourth-order valence-electron chi connectivity index (χ4n) is 2.42. The summed E-state index contributed by atoms with van der Waals surface area (Å²) in [5.41, 5.74) is 0.762. The molecule has 1 aromatic heterocycles. The van der Waals surface area contributed by atoms with E-state index < -0.39 is 6.10 Å². The second-order valence-electron chi connectivity index (χ2n) is 5.03. The van der Waals surface area contributed by atoms with E-state index in [9.17, 15) is 4.79 Å². The van der Waals surface area contributed by atoms with Crippen molar-refractivity contribution in [1.82, 2.24) is 0 Å². The van der Waals surface area contributed by atoms with E-state index in [0.717, 1.165) is 11.1 Å². The molecule has 0 unspecified atom stereocenters. The first-order valence-corrected chi connectivity index (χ1v) is 7.84. The molecule has 0 saturated heterocycles. The molecule has 110 valence electrons. The van der Waals surface area contributed by atoms with Gasteiger partial charge in [-0.2, -0.15) is 0 Å². The summed E-state index contributed by atoms with van der Waals surface area (Å²) in [6.07, 6.45) is -0.645. The van der Waals surface area contributed by atoms with Crippen LogP contribution in [-0.2, 0) is 4.79 Å². The summed E-state index contributed by atoms with van der Waals surface area (Å²) < 4.78 is 12.5. The van der Waals surface area contributed by atoms with Gasteiger partial charge < -0.3 is 14.8 Å². The van der Waals surface area contributed by atoms with E-state index in [-0.39, 0.29) is 12.5 Å². The summed E-state index contributed by atoms with van der Waals surface area (Å²) in [7, 11) is 0. The molecule has 0 saturated carbocycles. The Hall–Kier alpha value is -2.53. The predicted molar refractivity (Wildman–Crippen MR) is 86.8 cm³/mol. The van der Waals surface area contributed by atoms with Crippen molar-refractivity contribution >= 4 is 33.0 Å². The van der Waals surface area contributed by atoms with Gasteiger partial charge in [-0.1, -0.05) is 12.1 Å². The van der Waals surface area contributed by atoms with Gasteiger partial charge in [0.1, 0.15) is 6.61 Å². The van der Waals surface area contributed by atoms with Crippen LogP contribution < -0.4 is 14.8 Å². The van der Waals surface area contributed by atoms with Crippen LogP contribution in [-0.4, -0.2) is 18.6 Å². The van der Waals surface area contributed by atoms with Crippen LogP contribution in [0.5, 0.6) is 11.5 Å². The molecule has 1 aliphatic heterocycles. The lowest BCUT2D eigenvalue weighted by Gasteiger charge is -2.25. The Morgan fingerprint density at radius 2 is 2.00 bits per heavy atom. The smallest absolute Gasteiger partial charge is 0.269 e. The molecule has 22 heavy (non-hydrogen) atoms. The topological polar surface area (TPSA) is 47.6 Å². The quantitative estimate of drug-likeness (QED) is 0.785. The number of ether oxygens (including phenoxy) is 2. The number of benzene rings is 2. The van der Waals surface area contributed by atoms with Gasteiger partial charge in [-0.05, 0) is 47.2 Å². The van der Waals surface area contributed by atoms with Crippen molar-refractivity contribution in [2.45, 2.75) is 6.10 Å². The lowest BCUT2D eigenvalue weighted by molar-refractivity contribution is -0.125. The highest BCUT2D eigenvalue weighted by Crippen LogP contribution is 2.31. The molecule has 4 nitrogen and oxygen atoms in total. The van der Waals surface area contributed by atoms with Gasteiger partial charge in [-0.25, -0.2) is 0 Å². The molecule has 2 aromatic carbocycles. The van der Waals surface area contributed by atoms with Crippen molar-refractivity contribution in [3.8, 4) is 11.5 Å². The van der Waals surface area contributed by atoms with Gasteiger partial charge in [0.2, 0.25) is 6.10 Å². The molecular formula is C17H13NO3S. The Kier molecular flexibility index (Phi) is 3.20. The monoisotopic (exact) mass is 311 g/mol. The van der Waals surface area contributed by atoms with Gasteiger partial charge in [-0.15, -0.1) is 11.3 Å². The fraction of sp³-hybridized carbons (Fsp3) is 0.118. The van der Waals surface area contributed by atoms with Gasteiger partial charge >= 0.3 is 0 Å². The van der Waals surface area contributed by atoms with E-state index >= 15 is 0 Å². The molecule has 4 rings (SSSR count). The van der Waals surface area contributed by atoms with E-state index in [1.165, 1.54) is 4.70 Å². The normalized spacial score (nSPS) is 16.5. The molecule has 1 aliphatic rings. The number of hydrogen-bond acceptors (Lipinski definition) is 4. The number of thiophene rings is 1. The first-order valence-electron chi connectivity index (χ1n) is 6.96. The summed E-state index contributed by atoms with van der Waals surface area (Å²) in [4.78, 5) is 12.3. The third-order valence-electron chi connectivity index (χ3n) is 3.52.